The van der Waals surface area contributed by atoms with Gasteiger partial charge in [0.15, 0.2) is 0 Å². The lowest BCUT2D eigenvalue weighted by Crippen LogP contribution is -2.22. The van der Waals surface area contributed by atoms with Crippen molar-refractivity contribution in [3.8, 4) is 0 Å². The minimum Gasteiger partial charge on any atom is -0.316 e. The van der Waals surface area contributed by atoms with Gasteiger partial charge in [0.2, 0.25) is 0 Å². The van der Waals surface area contributed by atoms with Crippen LogP contribution in [0.1, 0.15) is 13.3 Å². The highest BCUT2D eigenvalue weighted by molar-refractivity contribution is 8.03. The van der Waals surface area contributed by atoms with Gasteiger partial charge in [0.05, 0.1) is 0 Å². The van der Waals surface area contributed by atoms with Gasteiger partial charge >= 0.3 is 0 Å². The largest absolute Gasteiger partial charge is 0.316 e. The average Bonchev–Trinajstić information content (AvgIpc) is 2.34. The second kappa shape index (κ2) is 3.96. The summed E-state index contributed by atoms with van der Waals surface area (Å²) in [7, 11) is 0. The Bertz CT molecular complexity index is 93.1. The Hall–Kier alpha value is 0.0500. The molecule has 0 aromatic carbocycles. The van der Waals surface area contributed by atoms with E-state index in [2.05, 4.69) is 23.7 Å². The number of allylic oxidation sites excluding steroid dienone is 1. The van der Waals surface area contributed by atoms with Gasteiger partial charge in [-0.15, -0.1) is 11.8 Å². The van der Waals surface area contributed by atoms with Crippen molar-refractivity contribution in [2.45, 2.75) is 18.6 Å². The van der Waals surface area contributed by atoms with Crippen molar-refractivity contribution in [3.05, 3.63) is 11.5 Å². The topological polar surface area (TPSA) is 12.0 Å². The third-order valence-electron chi connectivity index (χ3n) is 1.39. The van der Waals surface area contributed by atoms with Crippen LogP contribution < -0.4 is 5.32 Å². The fraction of sp³-hybridized carbons (Fsp3) is 0.714. The molecular weight excluding hydrogens is 130 g/mol. The summed E-state index contributed by atoms with van der Waals surface area (Å²) in [6.45, 7) is 4.40. The number of nitrogens with one attached hydrogen (secondary N) is 1. The van der Waals surface area contributed by atoms with E-state index in [0.717, 1.165) is 18.3 Å². The molecule has 0 fully saturated rings. The number of hydrogen-bond acceptors (Lipinski definition) is 2. The van der Waals surface area contributed by atoms with E-state index in [9.17, 15) is 0 Å². The molecule has 1 nitrogen and oxygen atoms in total. The maximum atomic E-state index is 3.33. The first kappa shape index (κ1) is 7.16. The van der Waals surface area contributed by atoms with E-state index in [4.69, 9.17) is 0 Å². The Morgan fingerprint density at radius 3 is 3.22 bits per heavy atom. The van der Waals surface area contributed by atoms with Crippen LogP contribution in [-0.2, 0) is 0 Å². The molecule has 0 aromatic rings. The molecule has 1 aliphatic rings. The number of hydrogen-bond donors (Lipinski definition) is 1. The molecule has 1 heterocycles. The van der Waals surface area contributed by atoms with Crippen LogP contribution in [0.15, 0.2) is 11.5 Å². The summed E-state index contributed by atoms with van der Waals surface area (Å²) >= 11 is 1.94. The van der Waals surface area contributed by atoms with Crippen molar-refractivity contribution < 1.29 is 0 Å². The second-order valence-electron chi connectivity index (χ2n) is 2.17. The minimum atomic E-state index is 0.810. The van der Waals surface area contributed by atoms with Crippen LogP contribution in [0.5, 0.6) is 0 Å². The lowest BCUT2D eigenvalue weighted by molar-refractivity contribution is 0.695. The molecular formula is C7H13NS. The third kappa shape index (κ3) is 2.41. The molecule has 52 valence electrons. The maximum absolute atomic E-state index is 3.33. The van der Waals surface area contributed by atoms with Gasteiger partial charge in [-0.3, -0.25) is 0 Å². The Morgan fingerprint density at radius 2 is 2.67 bits per heavy atom. The van der Waals surface area contributed by atoms with Gasteiger partial charge in [0.1, 0.15) is 0 Å². The van der Waals surface area contributed by atoms with Crippen molar-refractivity contribution in [2.75, 3.05) is 13.1 Å². The zero-order valence-electron chi connectivity index (χ0n) is 5.76. The average molecular weight is 143 g/mol. The maximum Gasteiger partial charge on any atom is 0.0248 e. The molecule has 0 spiro atoms. The third-order valence-corrected chi connectivity index (χ3v) is 2.48. The zero-order valence-corrected chi connectivity index (χ0v) is 6.58. The molecule has 2 heteroatoms. The van der Waals surface area contributed by atoms with E-state index < -0.39 is 0 Å². The molecule has 9 heavy (non-hydrogen) atoms. The highest BCUT2D eigenvalue weighted by atomic mass is 32.2. The second-order valence-corrected chi connectivity index (χ2v) is 3.38. The van der Waals surface area contributed by atoms with E-state index in [-0.39, 0.29) is 0 Å². The van der Waals surface area contributed by atoms with Gasteiger partial charge < -0.3 is 5.32 Å². The zero-order chi connectivity index (χ0) is 6.53. The van der Waals surface area contributed by atoms with Gasteiger partial charge in [-0.25, -0.2) is 0 Å². The van der Waals surface area contributed by atoms with E-state index in [1.165, 1.54) is 6.42 Å². The van der Waals surface area contributed by atoms with Crippen LogP contribution in [0, 0.1) is 0 Å². The van der Waals surface area contributed by atoms with Crippen LogP contribution in [0.25, 0.3) is 0 Å². The fourth-order valence-corrected chi connectivity index (χ4v) is 1.75. The quantitative estimate of drug-likeness (QED) is 0.644. The Labute approximate surface area is 60.9 Å². The molecule has 1 atom stereocenters. The summed E-state index contributed by atoms with van der Waals surface area (Å²) < 4.78 is 0. The standard InChI is InChI=1S/C7H13NS/c1-2-8-6-7-4-3-5-9-7/h3,5,7-8H,2,4,6H2,1H3/t7-/m1/s1. The Morgan fingerprint density at radius 1 is 1.78 bits per heavy atom. The summed E-state index contributed by atoms with van der Waals surface area (Å²) in [6, 6.07) is 0. The van der Waals surface area contributed by atoms with Crippen LogP contribution in [-0.4, -0.2) is 18.3 Å². The fourth-order valence-electron chi connectivity index (χ4n) is 0.866. The smallest absolute Gasteiger partial charge is 0.0248 e. The lowest BCUT2D eigenvalue weighted by atomic mass is 10.3. The summed E-state index contributed by atoms with van der Waals surface area (Å²) in [5.41, 5.74) is 0. The molecule has 0 saturated carbocycles. The molecule has 0 radical (unpaired) electrons. The van der Waals surface area contributed by atoms with E-state index in [0.29, 0.717) is 0 Å². The predicted molar refractivity (Wildman–Crippen MR) is 43.7 cm³/mol. The molecule has 1 N–H and O–H groups in total. The monoisotopic (exact) mass is 143 g/mol. The molecule has 0 unspecified atom stereocenters. The highest BCUT2D eigenvalue weighted by Crippen LogP contribution is 2.22. The first-order valence-electron chi connectivity index (χ1n) is 3.44. The van der Waals surface area contributed by atoms with Gasteiger partial charge in [0.25, 0.3) is 0 Å². The molecule has 0 saturated heterocycles. The predicted octanol–water partition coefficient (Wildman–Crippen LogP) is 1.62. The van der Waals surface area contributed by atoms with Gasteiger partial charge in [0, 0.05) is 11.8 Å². The first-order chi connectivity index (χ1) is 4.43. The molecule has 0 bridgehead atoms. The molecule has 0 amide bonds. The Kier molecular flexibility index (Phi) is 3.15. The molecule has 1 aliphatic heterocycles. The molecule has 0 aliphatic carbocycles. The van der Waals surface area contributed by atoms with Crippen molar-refractivity contribution in [2.24, 2.45) is 0 Å². The van der Waals surface area contributed by atoms with Crippen molar-refractivity contribution in [1.29, 1.82) is 0 Å². The SMILES string of the molecule is CCNC[C@H]1CC=CS1. The van der Waals surface area contributed by atoms with Gasteiger partial charge in [-0.05, 0) is 18.4 Å². The molecule has 1 rings (SSSR count). The van der Waals surface area contributed by atoms with Crippen LogP contribution in [0.2, 0.25) is 0 Å². The van der Waals surface area contributed by atoms with Crippen LogP contribution in [0.4, 0.5) is 0 Å². The lowest BCUT2D eigenvalue weighted by Gasteiger charge is -2.06. The number of thioether (sulfide) groups is 1. The van der Waals surface area contributed by atoms with Crippen molar-refractivity contribution in [1.82, 2.24) is 5.32 Å². The van der Waals surface area contributed by atoms with Crippen LogP contribution >= 0.6 is 11.8 Å². The van der Waals surface area contributed by atoms with Crippen LogP contribution in [0.3, 0.4) is 0 Å². The summed E-state index contributed by atoms with van der Waals surface area (Å²) in [4.78, 5) is 0. The van der Waals surface area contributed by atoms with Gasteiger partial charge in [-0.1, -0.05) is 13.0 Å². The van der Waals surface area contributed by atoms with E-state index in [1.54, 1.807) is 0 Å². The first-order valence-corrected chi connectivity index (χ1v) is 4.39. The summed E-state index contributed by atoms with van der Waals surface area (Å²) in [5.74, 6) is 0. The van der Waals surface area contributed by atoms with Crippen molar-refractivity contribution in [3.63, 3.8) is 0 Å². The summed E-state index contributed by atoms with van der Waals surface area (Å²) in [5, 5.41) is 6.34. The van der Waals surface area contributed by atoms with Gasteiger partial charge in [-0.2, -0.15) is 0 Å². The molecule has 0 aromatic heterocycles. The number of rotatable bonds is 3. The summed E-state index contributed by atoms with van der Waals surface area (Å²) in [6.07, 6.45) is 3.49. The van der Waals surface area contributed by atoms with Crippen molar-refractivity contribution >= 4 is 11.8 Å². The minimum absolute atomic E-state index is 0.810. The Balaban J connectivity index is 2.01. The normalized spacial score (nSPS) is 25.2. The highest BCUT2D eigenvalue weighted by Gasteiger charge is 2.08. The van der Waals surface area contributed by atoms with E-state index >= 15 is 0 Å². The van der Waals surface area contributed by atoms with E-state index in [1.807, 2.05) is 11.8 Å².